The van der Waals surface area contributed by atoms with Crippen LogP contribution in [0.2, 0.25) is 0 Å². The molecule has 0 spiro atoms. The molecule has 34 heavy (non-hydrogen) atoms. The summed E-state index contributed by atoms with van der Waals surface area (Å²) in [6, 6.07) is 0.179. The number of amides is 1. The van der Waals surface area contributed by atoms with E-state index in [1.807, 2.05) is 13.8 Å². The Bertz CT molecular complexity index is 436. The van der Waals surface area contributed by atoms with E-state index in [4.69, 9.17) is 5.73 Å². The SMILES string of the molecule is CCCCCCCCCCCCCCCCCCCCCC(=O)NC(CC)C(C)C(C)(C)N.Cl. The van der Waals surface area contributed by atoms with Gasteiger partial charge in [-0.15, -0.1) is 12.4 Å². The molecule has 0 radical (unpaired) electrons. The second kappa shape index (κ2) is 24.4. The van der Waals surface area contributed by atoms with Crippen LogP contribution in [0, 0.1) is 5.92 Å². The van der Waals surface area contributed by atoms with Crippen molar-refractivity contribution in [2.24, 2.45) is 11.7 Å². The molecule has 0 fully saturated rings. The molecule has 0 aliphatic heterocycles. The maximum Gasteiger partial charge on any atom is 0.220 e. The Morgan fingerprint density at radius 2 is 1.00 bits per heavy atom. The van der Waals surface area contributed by atoms with Crippen molar-refractivity contribution in [1.82, 2.24) is 5.32 Å². The largest absolute Gasteiger partial charge is 0.353 e. The fourth-order valence-corrected chi connectivity index (χ4v) is 4.74. The van der Waals surface area contributed by atoms with Crippen LogP contribution in [0.25, 0.3) is 0 Å². The summed E-state index contributed by atoms with van der Waals surface area (Å²) in [4.78, 5) is 12.3. The maximum absolute atomic E-state index is 12.3. The molecule has 0 aromatic rings. The van der Waals surface area contributed by atoms with Crippen LogP contribution in [0.15, 0.2) is 0 Å². The highest BCUT2D eigenvalue weighted by Gasteiger charge is 2.28. The van der Waals surface area contributed by atoms with Crippen molar-refractivity contribution in [3.05, 3.63) is 0 Å². The summed E-state index contributed by atoms with van der Waals surface area (Å²) < 4.78 is 0. The van der Waals surface area contributed by atoms with Gasteiger partial charge in [-0.25, -0.2) is 0 Å². The Labute approximate surface area is 221 Å². The van der Waals surface area contributed by atoms with Gasteiger partial charge < -0.3 is 11.1 Å². The average Bonchev–Trinajstić information content (AvgIpc) is 2.77. The van der Waals surface area contributed by atoms with E-state index in [-0.39, 0.29) is 35.8 Å². The Morgan fingerprint density at radius 1 is 0.676 bits per heavy atom. The standard InChI is InChI=1S/C30H62N2O.ClH/c1-6-8-9-10-11-12-13-14-15-16-17-18-19-20-21-22-23-24-25-26-29(33)32-28(7-2)27(3)30(4,5)31;/h27-28H,6-26,31H2,1-5H3,(H,32,33);1H. The number of rotatable bonds is 24. The summed E-state index contributed by atoms with van der Waals surface area (Å²) in [6.07, 6.45) is 27.8. The molecular weight excluding hydrogens is 440 g/mol. The van der Waals surface area contributed by atoms with Crippen LogP contribution in [-0.4, -0.2) is 17.5 Å². The topological polar surface area (TPSA) is 55.1 Å². The molecule has 3 nitrogen and oxygen atoms in total. The van der Waals surface area contributed by atoms with Crippen LogP contribution in [0.5, 0.6) is 0 Å². The number of nitrogens with one attached hydrogen (secondary N) is 1. The van der Waals surface area contributed by atoms with E-state index >= 15 is 0 Å². The number of carbonyl (C=O) groups excluding carboxylic acids is 1. The van der Waals surface area contributed by atoms with Gasteiger partial charge in [-0.2, -0.15) is 0 Å². The van der Waals surface area contributed by atoms with Crippen LogP contribution in [-0.2, 0) is 4.79 Å². The van der Waals surface area contributed by atoms with Gasteiger partial charge in [0, 0.05) is 18.0 Å². The molecule has 0 saturated heterocycles. The van der Waals surface area contributed by atoms with Crippen molar-refractivity contribution in [2.75, 3.05) is 0 Å². The van der Waals surface area contributed by atoms with E-state index in [0.717, 1.165) is 12.8 Å². The fraction of sp³-hybridized carbons (Fsp3) is 0.967. The van der Waals surface area contributed by atoms with Crippen molar-refractivity contribution in [3.8, 4) is 0 Å². The molecule has 1 amide bonds. The fourth-order valence-electron chi connectivity index (χ4n) is 4.74. The number of hydrogen-bond donors (Lipinski definition) is 2. The van der Waals surface area contributed by atoms with Gasteiger partial charge in [0.15, 0.2) is 0 Å². The molecule has 3 N–H and O–H groups in total. The van der Waals surface area contributed by atoms with E-state index in [2.05, 4.69) is 26.1 Å². The molecule has 206 valence electrons. The van der Waals surface area contributed by atoms with Crippen LogP contribution in [0.3, 0.4) is 0 Å². The van der Waals surface area contributed by atoms with Crippen LogP contribution < -0.4 is 11.1 Å². The van der Waals surface area contributed by atoms with Crippen molar-refractivity contribution >= 4 is 18.3 Å². The number of carbonyl (C=O) groups is 1. The zero-order valence-corrected chi connectivity index (χ0v) is 24.7. The van der Waals surface area contributed by atoms with Gasteiger partial charge in [-0.1, -0.05) is 136 Å². The molecule has 0 heterocycles. The summed E-state index contributed by atoms with van der Waals surface area (Å²) in [5.41, 5.74) is 5.97. The molecule has 0 aliphatic carbocycles. The first kappa shape index (κ1) is 35.9. The minimum Gasteiger partial charge on any atom is -0.353 e. The van der Waals surface area contributed by atoms with Gasteiger partial charge in [0.25, 0.3) is 0 Å². The molecule has 2 atom stereocenters. The smallest absolute Gasteiger partial charge is 0.220 e. The minimum atomic E-state index is -0.263. The highest BCUT2D eigenvalue weighted by Crippen LogP contribution is 2.20. The van der Waals surface area contributed by atoms with Crippen molar-refractivity contribution in [3.63, 3.8) is 0 Å². The highest BCUT2D eigenvalue weighted by atomic mass is 35.5. The highest BCUT2D eigenvalue weighted by molar-refractivity contribution is 5.85. The van der Waals surface area contributed by atoms with Crippen LogP contribution in [0.4, 0.5) is 0 Å². The Morgan fingerprint density at radius 3 is 1.29 bits per heavy atom. The summed E-state index contributed by atoms with van der Waals surface area (Å²) >= 11 is 0. The lowest BCUT2D eigenvalue weighted by Gasteiger charge is -2.34. The third-order valence-corrected chi connectivity index (χ3v) is 7.57. The molecular formula is C30H63ClN2O. The lowest BCUT2D eigenvalue weighted by molar-refractivity contribution is -0.122. The molecule has 0 rings (SSSR count). The third-order valence-electron chi connectivity index (χ3n) is 7.57. The van der Waals surface area contributed by atoms with Crippen molar-refractivity contribution in [1.29, 1.82) is 0 Å². The summed E-state index contributed by atoms with van der Waals surface area (Å²) in [5, 5.41) is 3.21. The van der Waals surface area contributed by atoms with E-state index in [1.54, 1.807) is 0 Å². The number of unbranched alkanes of at least 4 members (excludes halogenated alkanes) is 18. The molecule has 2 unspecified atom stereocenters. The Hall–Kier alpha value is -0.280. The van der Waals surface area contributed by atoms with Crippen molar-refractivity contribution < 1.29 is 4.79 Å². The van der Waals surface area contributed by atoms with Gasteiger partial charge in [0.2, 0.25) is 5.91 Å². The van der Waals surface area contributed by atoms with E-state index in [0.29, 0.717) is 6.42 Å². The lowest BCUT2D eigenvalue weighted by Crippen LogP contribution is -2.51. The van der Waals surface area contributed by atoms with Gasteiger partial charge in [-0.3, -0.25) is 4.79 Å². The first-order chi connectivity index (χ1) is 15.8. The van der Waals surface area contributed by atoms with Crippen LogP contribution >= 0.6 is 12.4 Å². The predicted molar refractivity (Wildman–Crippen MR) is 155 cm³/mol. The van der Waals surface area contributed by atoms with E-state index in [9.17, 15) is 4.79 Å². The summed E-state index contributed by atoms with van der Waals surface area (Å²) in [7, 11) is 0. The zero-order valence-electron chi connectivity index (χ0n) is 23.9. The van der Waals surface area contributed by atoms with Crippen molar-refractivity contribution in [2.45, 2.75) is 181 Å². The number of halogens is 1. The Kier molecular flexibility index (Phi) is 25.8. The normalized spacial score (nSPS) is 13.4. The monoisotopic (exact) mass is 502 g/mol. The summed E-state index contributed by atoms with van der Waals surface area (Å²) in [5.74, 6) is 0.474. The average molecular weight is 503 g/mol. The molecule has 0 saturated carbocycles. The molecule has 0 aromatic heterocycles. The van der Waals surface area contributed by atoms with E-state index < -0.39 is 0 Å². The van der Waals surface area contributed by atoms with Gasteiger partial charge in [-0.05, 0) is 32.6 Å². The predicted octanol–water partition coefficient (Wildman–Crippen LogP) is 9.50. The quantitative estimate of drug-likeness (QED) is 0.129. The lowest BCUT2D eigenvalue weighted by atomic mass is 9.83. The van der Waals surface area contributed by atoms with Gasteiger partial charge in [0.1, 0.15) is 0 Å². The summed E-state index contributed by atoms with van der Waals surface area (Å²) in [6.45, 7) is 10.7. The molecule has 0 bridgehead atoms. The Balaban J connectivity index is 0. The zero-order chi connectivity index (χ0) is 24.8. The first-order valence-corrected chi connectivity index (χ1v) is 14.9. The minimum absolute atomic E-state index is 0. The molecule has 4 heteroatoms. The number of nitrogens with two attached hydrogens (primary N) is 1. The first-order valence-electron chi connectivity index (χ1n) is 14.9. The molecule has 0 aliphatic rings. The van der Waals surface area contributed by atoms with Gasteiger partial charge >= 0.3 is 0 Å². The number of hydrogen-bond acceptors (Lipinski definition) is 2. The maximum atomic E-state index is 12.3. The molecule has 0 aromatic carbocycles. The third kappa shape index (κ3) is 22.2. The van der Waals surface area contributed by atoms with E-state index in [1.165, 1.54) is 116 Å². The second-order valence-corrected chi connectivity index (χ2v) is 11.3. The van der Waals surface area contributed by atoms with Crippen LogP contribution in [0.1, 0.15) is 169 Å². The van der Waals surface area contributed by atoms with Gasteiger partial charge in [0.05, 0.1) is 0 Å². The second-order valence-electron chi connectivity index (χ2n) is 11.3.